The first-order valence-corrected chi connectivity index (χ1v) is 13.1. The van der Waals surface area contributed by atoms with Crippen LogP contribution in [0.5, 0.6) is 11.5 Å². The van der Waals surface area contributed by atoms with Crippen LogP contribution in [-0.2, 0) is 21.2 Å². The topological polar surface area (TPSA) is 88.2 Å². The zero-order valence-electron chi connectivity index (χ0n) is 19.6. The minimum absolute atomic E-state index is 0.0366. The van der Waals surface area contributed by atoms with Gasteiger partial charge in [0.2, 0.25) is 15.9 Å². The van der Waals surface area contributed by atoms with E-state index < -0.39 is 15.7 Å². The van der Waals surface area contributed by atoms with Gasteiger partial charge in [-0.1, -0.05) is 17.7 Å². The summed E-state index contributed by atoms with van der Waals surface area (Å²) in [6.45, 7) is 3.03. The molecule has 0 aromatic heterocycles. The molecule has 0 unspecified atom stereocenters. The minimum Gasteiger partial charge on any atom is -0.493 e. The molecular weight excluding hydrogens is 478 g/mol. The lowest BCUT2D eigenvalue weighted by Crippen LogP contribution is -2.59. The van der Waals surface area contributed by atoms with E-state index >= 15 is 0 Å². The molecule has 184 valence electrons. The number of amides is 1. The molecule has 8 nitrogen and oxygen atoms in total. The normalized spacial score (nSPS) is 20.6. The molecule has 2 fully saturated rings. The fraction of sp³-hybridized carbons (Fsp3) is 0.458. The number of sulfonamides is 1. The average molecular weight is 508 g/mol. The highest BCUT2D eigenvalue weighted by molar-refractivity contribution is 7.89. The van der Waals surface area contributed by atoms with Crippen LogP contribution in [0.2, 0.25) is 5.02 Å². The first-order chi connectivity index (χ1) is 16.2. The van der Waals surface area contributed by atoms with E-state index in [4.69, 9.17) is 21.1 Å². The summed E-state index contributed by atoms with van der Waals surface area (Å²) in [4.78, 5) is 15.1. The van der Waals surface area contributed by atoms with Crippen LogP contribution in [0.1, 0.15) is 25.3 Å². The summed E-state index contributed by atoms with van der Waals surface area (Å²) in [5.74, 6) is 1.34. The number of carbonyl (C=O) groups excluding carboxylic acids is 1. The zero-order chi connectivity index (χ0) is 24.5. The van der Waals surface area contributed by atoms with Crippen LogP contribution in [0, 0.1) is 0 Å². The number of hydrogen-bond acceptors (Lipinski definition) is 6. The third-order valence-electron chi connectivity index (χ3n) is 6.71. The molecule has 2 aromatic carbocycles. The molecule has 1 amide bonds. The van der Waals surface area contributed by atoms with Gasteiger partial charge in [-0.2, -0.15) is 4.31 Å². The number of methoxy groups -OCH3 is 2. The predicted octanol–water partition coefficient (Wildman–Crippen LogP) is 2.90. The van der Waals surface area contributed by atoms with Crippen LogP contribution in [0.25, 0.3) is 0 Å². The minimum atomic E-state index is -3.62. The SMILES string of the molecule is COc1ccc(CCN2C(=O)[C@H](C)NC23CCN(S(=O)(=O)c2ccc(Cl)cc2)CC3)cc1OC. The summed E-state index contributed by atoms with van der Waals surface area (Å²) in [6.07, 6.45) is 1.68. The van der Waals surface area contributed by atoms with Crippen LogP contribution < -0.4 is 14.8 Å². The lowest BCUT2D eigenvalue weighted by atomic mass is 9.96. The number of halogens is 1. The van der Waals surface area contributed by atoms with E-state index in [2.05, 4.69) is 5.32 Å². The number of carbonyl (C=O) groups is 1. The zero-order valence-corrected chi connectivity index (χ0v) is 21.2. The Morgan fingerprint density at radius 3 is 2.32 bits per heavy atom. The van der Waals surface area contributed by atoms with Gasteiger partial charge in [-0.3, -0.25) is 10.1 Å². The first-order valence-electron chi connectivity index (χ1n) is 11.3. The molecule has 1 spiro atoms. The number of nitrogens with one attached hydrogen (secondary N) is 1. The number of nitrogens with zero attached hydrogens (tertiary/aromatic N) is 2. The Bertz CT molecular complexity index is 1150. The monoisotopic (exact) mass is 507 g/mol. The van der Waals surface area contributed by atoms with Gasteiger partial charge in [0.05, 0.1) is 30.8 Å². The molecule has 2 heterocycles. The lowest BCUT2D eigenvalue weighted by Gasteiger charge is -2.44. The summed E-state index contributed by atoms with van der Waals surface area (Å²) in [6, 6.07) is 11.6. The first kappa shape index (κ1) is 24.8. The van der Waals surface area contributed by atoms with Crippen molar-refractivity contribution in [2.24, 2.45) is 0 Å². The maximum absolute atomic E-state index is 13.1. The maximum Gasteiger partial charge on any atom is 0.243 e. The van der Waals surface area contributed by atoms with Gasteiger partial charge < -0.3 is 14.4 Å². The number of ether oxygens (including phenoxy) is 2. The molecule has 1 N–H and O–H groups in total. The van der Waals surface area contributed by atoms with Crippen molar-refractivity contribution < 1.29 is 22.7 Å². The molecule has 34 heavy (non-hydrogen) atoms. The molecule has 0 aliphatic carbocycles. The molecule has 0 bridgehead atoms. The number of benzene rings is 2. The van der Waals surface area contributed by atoms with Crippen molar-refractivity contribution in [3.63, 3.8) is 0 Å². The molecule has 4 rings (SSSR count). The number of rotatable bonds is 7. The highest BCUT2D eigenvalue weighted by atomic mass is 35.5. The van der Waals surface area contributed by atoms with Gasteiger partial charge in [-0.05, 0) is 68.1 Å². The highest BCUT2D eigenvalue weighted by Gasteiger charge is 2.50. The number of piperidine rings is 1. The molecule has 2 saturated heterocycles. The van der Waals surface area contributed by atoms with Crippen molar-refractivity contribution in [2.75, 3.05) is 33.9 Å². The standard InChI is InChI=1S/C24H30ClN3O5S/c1-17-23(29)28(13-10-18-4-9-21(32-2)22(16-18)33-3)24(26-17)11-14-27(15-12-24)34(30,31)20-7-5-19(25)6-8-20/h4-9,16-17,26H,10-15H2,1-3H3/t17-/m0/s1. The van der Waals surface area contributed by atoms with Crippen molar-refractivity contribution in [3.05, 3.63) is 53.1 Å². The molecule has 2 aliphatic heterocycles. The van der Waals surface area contributed by atoms with Gasteiger partial charge in [0.25, 0.3) is 0 Å². The van der Waals surface area contributed by atoms with E-state index in [1.807, 2.05) is 30.0 Å². The van der Waals surface area contributed by atoms with Gasteiger partial charge in [0.15, 0.2) is 11.5 Å². The van der Waals surface area contributed by atoms with Crippen molar-refractivity contribution in [3.8, 4) is 11.5 Å². The maximum atomic E-state index is 13.1. The van der Waals surface area contributed by atoms with E-state index in [1.165, 1.54) is 16.4 Å². The second-order valence-electron chi connectivity index (χ2n) is 8.68. The molecule has 2 aliphatic rings. The van der Waals surface area contributed by atoms with Crippen LogP contribution >= 0.6 is 11.6 Å². The van der Waals surface area contributed by atoms with Crippen molar-refractivity contribution in [1.82, 2.24) is 14.5 Å². The Hall–Kier alpha value is -2.33. The fourth-order valence-electron chi connectivity index (χ4n) is 4.85. The van der Waals surface area contributed by atoms with Gasteiger partial charge in [0.1, 0.15) is 0 Å². The lowest BCUT2D eigenvalue weighted by molar-refractivity contribution is -0.132. The Labute approximate surface area is 205 Å². The summed E-state index contributed by atoms with van der Waals surface area (Å²) < 4.78 is 38.4. The molecule has 2 aromatic rings. The smallest absolute Gasteiger partial charge is 0.243 e. The van der Waals surface area contributed by atoms with E-state index in [-0.39, 0.29) is 16.8 Å². The van der Waals surface area contributed by atoms with Gasteiger partial charge in [-0.15, -0.1) is 0 Å². The average Bonchev–Trinajstić information content (AvgIpc) is 3.06. The van der Waals surface area contributed by atoms with Crippen molar-refractivity contribution in [1.29, 1.82) is 0 Å². The highest BCUT2D eigenvalue weighted by Crippen LogP contribution is 2.35. The van der Waals surface area contributed by atoms with Gasteiger partial charge in [0, 0.05) is 24.7 Å². The molecule has 0 saturated carbocycles. The second-order valence-corrected chi connectivity index (χ2v) is 11.1. The third-order valence-corrected chi connectivity index (χ3v) is 8.88. The summed E-state index contributed by atoms with van der Waals surface area (Å²) >= 11 is 5.91. The van der Waals surface area contributed by atoms with Crippen LogP contribution in [-0.4, -0.2) is 69.1 Å². The quantitative estimate of drug-likeness (QED) is 0.620. The number of hydrogen-bond donors (Lipinski definition) is 1. The van der Waals surface area contributed by atoms with Crippen LogP contribution in [0.4, 0.5) is 0 Å². The van der Waals surface area contributed by atoms with E-state index in [0.29, 0.717) is 55.4 Å². The molecule has 10 heteroatoms. The summed E-state index contributed by atoms with van der Waals surface area (Å²) in [7, 11) is -0.432. The Balaban J connectivity index is 1.47. The molecule has 0 radical (unpaired) electrons. The van der Waals surface area contributed by atoms with Crippen LogP contribution in [0.15, 0.2) is 47.4 Å². The largest absolute Gasteiger partial charge is 0.493 e. The summed E-state index contributed by atoms with van der Waals surface area (Å²) in [5.41, 5.74) is 0.474. The van der Waals surface area contributed by atoms with Gasteiger partial charge >= 0.3 is 0 Å². The van der Waals surface area contributed by atoms with Crippen molar-refractivity contribution in [2.45, 2.75) is 42.8 Å². The Morgan fingerprint density at radius 1 is 1.06 bits per heavy atom. The fourth-order valence-corrected chi connectivity index (χ4v) is 6.42. The van der Waals surface area contributed by atoms with Gasteiger partial charge in [-0.25, -0.2) is 8.42 Å². The Morgan fingerprint density at radius 2 is 1.71 bits per heavy atom. The van der Waals surface area contributed by atoms with E-state index in [1.54, 1.807) is 26.4 Å². The van der Waals surface area contributed by atoms with Crippen molar-refractivity contribution >= 4 is 27.5 Å². The Kier molecular flexibility index (Phi) is 7.09. The second kappa shape index (κ2) is 9.73. The molecular formula is C24H30ClN3O5S. The molecule has 1 atom stereocenters. The van der Waals surface area contributed by atoms with Crippen LogP contribution in [0.3, 0.4) is 0 Å². The predicted molar refractivity (Wildman–Crippen MR) is 130 cm³/mol. The van der Waals surface area contributed by atoms with E-state index in [0.717, 1.165) is 5.56 Å². The third kappa shape index (κ3) is 4.62. The summed E-state index contributed by atoms with van der Waals surface area (Å²) in [5, 5.41) is 3.95. The van der Waals surface area contributed by atoms with E-state index in [9.17, 15) is 13.2 Å².